The molecule has 1 aromatic carbocycles. The Morgan fingerprint density at radius 3 is 2.67 bits per heavy atom. The first-order valence-corrected chi connectivity index (χ1v) is 10.6. The van der Waals surface area contributed by atoms with Crippen molar-refractivity contribution >= 4 is 28.9 Å². The van der Waals surface area contributed by atoms with Crippen LogP contribution in [-0.4, -0.2) is 40.5 Å². The minimum absolute atomic E-state index is 0.210. The van der Waals surface area contributed by atoms with Gasteiger partial charge < -0.3 is 21.3 Å². The summed E-state index contributed by atoms with van der Waals surface area (Å²) in [6.07, 6.45) is 6.36. The minimum atomic E-state index is -0.432. The summed E-state index contributed by atoms with van der Waals surface area (Å²) in [5, 5.41) is 21.3. The molecule has 3 aromatic rings. The molecule has 4 N–H and O–H groups in total. The summed E-state index contributed by atoms with van der Waals surface area (Å²) in [7, 11) is 0. The third-order valence-corrected chi connectivity index (χ3v) is 5.29. The molecule has 1 fully saturated rings. The second kappa shape index (κ2) is 10.5. The van der Waals surface area contributed by atoms with Gasteiger partial charge in [0.15, 0.2) is 5.69 Å². The Bertz CT molecular complexity index is 1160. The fourth-order valence-corrected chi connectivity index (χ4v) is 3.54. The van der Waals surface area contributed by atoms with Gasteiger partial charge in [-0.05, 0) is 50.0 Å². The van der Waals surface area contributed by atoms with Crippen LogP contribution >= 0.6 is 0 Å². The highest BCUT2D eigenvalue weighted by Gasteiger charge is 2.17. The van der Waals surface area contributed by atoms with E-state index in [4.69, 9.17) is 5.26 Å². The lowest BCUT2D eigenvalue weighted by molar-refractivity contribution is 0.102. The zero-order valence-electron chi connectivity index (χ0n) is 17.8. The van der Waals surface area contributed by atoms with Crippen LogP contribution in [0.2, 0.25) is 0 Å². The third-order valence-electron chi connectivity index (χ3n) is 5.29. The Labute approximate surface area is 190 Å². The van der Waals surface area contributed by atoms with Gasteiger partial charge in [0, 0.05) is 24.5 Å². The van der Waals surface area contributed by atoms with Crippen molar-refractivity contribution in [3.05, 3.63) is 66.0 Å². The number of anilines is 4. The van der Waals surface area contributed by atoms with Gasteiger partial charge in [0.1, 0.15) is 23.5 Å². The highest BCUT2D eigenvalue weighted by atomic mass is 19.1. The monoisotopic (exact) mass is 446 g/mol. The van der Waals surface area contributed by atoms with Gasteiger partial charge in [0.05, 0.1) is 23.6 Å². The van der Waals surface area contributed by atoms with Gasteiger partial charge in [-0.2, -0.15) is 5.26 Å². The quantitative estimate of drug-likeness (QED) is 0.435. The number of nitriles is 1. The van der Waals surface area contributed by atoms with Crippen molar-refractivity contribution < 1.29 is 9.18 Å². The Kier molecular flexibility index (Phi) is 7.02. The number of nitrogens with one attached hydrogen (secondary N) is 4. The molecule has 4 rings (SSSR count). The van der Waals surface area contributed by atoms with E-state index in [9.17, 15) is 9.18 Å². The number of amides is 1. The van der Waals surface area contributed by atoms with Crippen LogP contribution in [0, 0.1) is 23.1 Å². The predicted octanol–water partition coefficient (Wildman–Crippen LogP) is 3.29. The summed E-state index contributed by atoms with van der Waals surface area (Å²) >= 11 is 0. The van der Waals surface area contributed by atoms with Crippen molar-refractivity contribution in [1.82, 2.24) is 20.3 Å². The molecule has 10 heteroatoms. The van der Waals surface area contributed by atoms with Gasteiger partial charge in [-0.15, -0.1) is 0 Å². The molecule has 0 bridgehead atoms. The van der Waals surface area contributed by atoms with Gasteiger partial charge in [0.25, 0.3) is 5.91 Å². The maximum Gasteiger partial charge on any atom is 0.259 e. The Morgan fingerprint density at radius 2 is 1.94 bits per heavy atom. The lowest BCUT2D eigenvalue weighted by Gasteiger charge is -2.24. The molecule has 1 saturated heterocycles. The number of rotatable bonds is 7. The highest BCUT2D eigenvalue weighted by Crippen LogP contribution is 2.24. The second-order valence-electron chi connectivity index (χ2n) is 7.68. The molecule has 0 atom stereocenters. The van der Waals surface area contributed by atoms with E-state index in [1.54, 1.807) is 12.1 Å². The molecule has 0 aliphatic carbocycles. The van der Waals surface area contributed by atoms with Crippen molar-refractivity contribution in [2.45, 2.75) is 12.8 Å². The summed E-state index contributed by atoms with van der Waals surface area (Å²) in [5.74, 6) is 0.537. The van der Waals surface area contributed by atoms with Gasteiger partial charge in [-0.25, -0.2) is 19.3 Å². The Balaban J connectivity index is 1.55. The van der Waals surface area contributed by atoms with E-state index in [-0.39, 0.29) is 5.69 Å². The van der Waals surface area contributed by atoms with E-state index in [1.807, 2.05) is 6.07 Å². The average molecular weight is 446 g/mol. The maximum absolute atomic E-state index is 13.5. The molecule has 3 heterocycles. The average Bonchev–Trinajstić information content (AvgIpc) is 2.84. The summed E-state index contributed by atoms with van der Waals surface area (Å²) in [6, 6.07) is 9.37. The fraction of sp³-hybridized carbons (Fsp3) is 0.261. The number of carbonyl (C=O) groups excluding carboxylic acids is 1. The molecule has 0 spiro atoms. The molecule has 0 unspecified atom stereocenters. The number of pyridine rings is 1. The second-order valence-corrected chi connectivity index (χ2v) is 7.68. The van der Waals surface area contributed by atoms with Gasteiger partial charge in [-0.1, -0.05) is 6.07 Å². The fourth-order valence-electron chi connectivity index (χ4n) is 3.54. The van der Waals surface area contributed by atoms with E-state index in [0.29, 0.717) is 41.0 Å². The van der Waals surface area contributed by atoms with Crippen LogP contribution in [0.4, 0.5) is 27.4 Å². The van der Waals surface area contributed by atoms with E-state index >= 15 is 0 Å². The number of hydrogen-bond donors (Lipinski definition) is 4. The largest absolute Gasteiger partial charge is 0.384 e. The van der Waals surface area contributed by atoms with E-state index in [1.165, 1.54) is 36.8 Å². The van der Waals surface area contributed by atoms with Crippen LogP contribution in [0.15, 0.2) is 48.9 Å². The molecule has 9 nitrogen and oxygen atoms in total. The molecule has 0 radical (unpaired) electrons. The third kappa shape index (κ3) is 5.99. The zero-order chi connectivity index (χ0) is 23.0. The first-order chi connectivity index (χ1) is 16.1. The number of halogens is 1. The van der Waals surface area contributed by atoms with Crippen molar-refractivity contribution in [2.24, 2.45) is 5.92 Å². The summed E-state index contributed by atoms with van der Waals surface area (Å²) in [4.78, 5) is 25.4. The number of aromatic nitrogens is 3. The topological polar surface area (TPSA) is 128 Å². The molecule has 1 amide bonds. The lowest BCUT2D eigenvalue weighted by atomic mass is 9.98. The van der Waals surface area contributed by atoms with Crippen LogP contribution in [-0.2, 0) is 0 Å². The maximum atomic E-state index is 13.5. The highest BCUT2D eigenvalue weighted by molar-refractivity contribution is 6.08. The van der Waals surface area contributed by atoms with Crippen LogP contribution in [0.1, 0.15) is 28.9 Å². The van der Waals surface area contributed by atoms with Gasteiger partial charge in [-0.3, -0.25) is 4.79 Å². The molecule has 1 aliphatic heterocycles. The van der Waals surface area contributed by atoms with E-state index in [2.05, 4.69) is 36.2 Å². The molecule has 1 aliphatic rings. The first kappa shape index (κ1) is 22.1. The minimum Gasteiger partial charge on any atom is -0.384 e. The zero-order valence-corrected chi connectivity index (χ0v) is 17.8. The van der Waals surface area contributed by atoms with Crippen molar-refractivity contribution in [2.75, 3.05) is 35.6 Å². The normalized spacial score (nSPS) is 13.7. The van der Waals surface area contributed by atoms with Crippen molar-refractivity contribution in [3.63, 3.8) is 0 Å². The van der Waals surface area contributed by atoms with Gasteiger partial charge in [0.2, 0.25) is 0 Å². The number of benzene rings is 1. The summed E-state index contributed by atoms with van der Waals surface area (Å²) < 4.78 is 13.5. The molecular weight excluding hydrogens is 423 g/mol. The first-order valence-electron chi connectivity index (χ1n) is 10.6. The standard InChI is InChI=1S/C23H23FN8O/c24-16-2-1-3-17(8-16)31-23(33)19-13-30-21(32-22-14-27-18(10-25)12-29-22)9-20(19)28-11-15-4-6-26-7-5-15/h1-3,8-9,12-15,26H,4-7,11H2,(H,31,33)(H2,28,29,30,32). The van der Waals surface area contributed by atoms with Crippen molar-refractivity contribution in [3.8, 4) is 6.07 Å². The van der Waals surface area contributed by atoms with Gasteiger partial charge >= 0.3 is 0 Å². The SMILES string of the molecule is N#Cc1cnc(Nc2cc(NCC3CCNCC3)c(C(=O)Nc3cccc(F)c3)cn2)cn1. The van der Waals surface area contributed by atoms with Crippen LogP contribution in [0.5, 0.6) is 0 Å². The van der Waals surface area contributed by atoms with E-state index in [0.717, 1.165) is 25.9 Å². The van der Waals surface area contributed by atoms with E-state index < -0.39 is 11.7 Å². The molecule has 2 aromatic heterocycles. The number of nitrogens with zero attached hydrogens (tertiary/aromatic N) is 4. The van der Waals surface area contributed by atoms with Crippen LogP contribution in [0.3, 0.4) is 0 Å². The number of hydrogen-bond acceptors (Lipinski definition) is 8. The van der Waals surface area contributed by atoms with Crippen LogP contribution in [0.25, 0.3) is 0 Å². The summed E-state index contributed by atoms with van der Waals surface area (Å²) in [5.41, 5.74) is 1.51. The smallest absolute Gasteiger partial charge is 0.259 e. The number of carbonyl (C=O) groups is 1. The molecule has 0 saturated carbocycles. The Morgan fingerprint density at radius 1 is 1.12 bits per heavy atom. The molecular formula is C23H23FN8O. The van der Waals surface area contributed by atoms with Crippen molar-refractivity contribution in [1.29, 1.82) is 5.26 Å². The van der Waals surface area contributed by atoms with Crippen LogP contribution < -0.4 is 21.3 Å². The number of piperidine rings is 1. The predicted molar refractivity (Wildman–Crippen MR) is 123 cm³/mol. The lowest BCUT2D eigenvalue weighted by Crippen LogP contribution is -2.31. The molecule has 168 valence electrons. The Hall–Kier alpha value is -4.10. The summed E-state index contributed by atoms with van der Waals surface area (Å²) in [6.45, 7) is 2.65. The molecule has 33 heavy (non-hydrogen) atoms.